The van der Waals surface area contributed by atoms with E-state index in [4.69, 9.17) is 5.11 Å². The van der Waals surface area contributed by atoms with Gasteiger partial charge in [-0.15, -0.1) is 0 Å². The van der Waals surface area contributed by atoms with Crippen LogP contribution in [-0.4, -0.2) is 29.8 Å². The predicted octanol–water partition coefficient (Wildman–Crippen LogP) is 1.84. The van der Waals surface area contributed by atoms with Gasteiger partial charge in [-0.2, -0.15) is 0 Å². The maximum atomic E-state index is 8.81. The molecule has 0 aromatic rings. The van der Waals surface area contributed by atoms with E-state index in [-0.39, 0.29) is 6.73 Å². The molecule has 0 aliphatic heterocycles. The van der Waals surface area contributed by atoms with Crippen molar-refractivity contribution in [2.45, 2.75) is 39.5 Å². The molecule has 0 aromatic heterocycles. The number of unbranched alkanes of at least 4 members (excludes halogenated alkanes) is 3. The van der Waals surface area contributed by atoms with E-state index >= 15 is 0 Å². The van der Waals surface area contributed by atoms with Crippen LogP contribution in [-0.2, 0) is 0 Å². The first kappa shape index (κ1) is 10.9. The highest BCUT2D eigenvalue weighted by atomic mass is 16.3. The number of aliphatic hydroxyl groups excluding tert-OH is 1. The van der Waals surface area contributed by atoms with Crippen LogP contribution in [0.4, 0.5) is 0 Å². The zero-order chi connectivity index (χ0) is 8.53. The summed E-state index contributed by atoms with van der Waals surface area (Å²) in [7, 11) is 0. The highest BCUT2D eigenvalue weighted by molar-refractivity contribution is 4.49. The molecular weight excluding hydrogens is 138 g/mol. The molecule has 0 fully saturated rings. The van der Waals surface area contributed by atoms with Crippen LogP contribution in [0, 0.1) is 0 Å². The Balaban J connectivity index is 3.07. The minimum Gasteiger partial charge on any atom is -0.381 e. The molecule has 68 valence electrons. The first-order valence-electron chi connectivity index (χ1n) is 4.68. The molecule has 2 heteroatoms. The lowest BCUT2D eigenvalue weighted by Gasteiger charge is -2.16. The molecule has 0 spiro atoms. The topological polar surface area (TPSA) is 23.5 Å². The van der Waals surface area contributed by atoms with Gasteiger partial charge in [-0.1, -0.05) is 33.1 Å². The van der Waals surface area contributed by atoms with Gasteiger partial charge in [0.25, 0.3) is 0 Å². The van der Waals surface area contributed by atoms with Crippen LogP contribution in [0.1, 0.15) is 39.5 Å². The van der Waals surface area contributed by atoms with Crippen molar-refractivity contribution in [1.29, 1.82) is 0 Å². The third-order valence-electron chi connectivity index (χ3n) is 1.98. The van der Waals surface area contributed by atoms with Crippen LogP contribution >= 0.6 is 0 Å². The largest absolute Gasteiger partial charge is 0.381 e. The van der Waals surface area contributed by atoms with Crippen LogP contribution in [0.15, 0.2) is 0 Å². The van der Waals surface area contributed by atoms with Crippen molar-refractivity contribution >= 4 is 0 Å². The molecule has 0 atom stereocenters. The number of aliphatic hydroxyl groups is 1. The average Bonchev–Trinajstić information content (AvgIpc) is 2.05. The lowest BCUT2D eigenvalue weighted by molar-refractivity contribution is 0.111. The molecule has 0 saturated heterocycles. The molecule has 2 nitrogen and oxygen atoms in total. The van der Waals surface area contributed by atoms with Crippen LogP contribution < -0.4 is 0 Å². The number of nitrogens with zero attached hydrogens (tertiary/aromatic N) is 1. The fourth-order valence-electron chi connectivity index (χ4n) is 1.09. The summed E-state index contributed by atoms with van der Waals surface area (Å²) in [5.74, 6) is 0. The van der Waals surface area contributed by atoms with Gasteiger partial charge in [-0.3, -0.25) is 4.90 Å². The maximum Gasteiger partial charge on any atom is 0.0956 e. The number of hydrogen-bond donors (Lipinski definition) is 1. The molecule has 0 saturated carbocycles. The zero-order valence-electron chi connectivity index (χ0n) is 7.84. The second kappa shape index (κ2) is 8.02. The van der Waals surface area contributed by atoms with Crippen LogP contribution in [0.5, 0.6) is 0 Å². The molecule has 0 heterocycles. The first-order valence-corrected chi connectivity index (χ1v) is 4.68. The fourth-order valence-corrected chi connectivity index (χ4v) is 1.09. The Bertz CT molecular complexity index is 72.0. The van der Waals surface area contributed by atoms with E-state index in [0.29, 0.717) is 0 Å². The highest BCUT2D eigenvalue weighted by Gasteiger charge is 1.97. The second-order valence-electron chi connectivity index (χ2n) is 2.91. The Morgan fingerprint density at radius 2 is 1.82 bits per heavy atom. The van der Waals surface area contributed by atoms with Crippen molar-refractivity contribution in [1.82, 2.24) is 4.90 Å². The van der Waals surface area contributed by atoms with Gasteiger partial charge < -0.3 is 5.11 Å². The lowest BCUT2D eigenvalue weighted by atomic mass is 10.2. The van der Waals surface area contributed by atoms with Crippen molar-refractivity contribution in [2.75, 3.05) is 19.8 Å². The summed E-state index contributed by atoms with van der Waals surface area (Å²) in [6.45, 7) is 6.51. The second-order valence-corrected chi connectivity index (χ2v) is 2.91. The van der Waals surface area contributed by atoms with E-state index in [0.717, 1.165) is 13.1 Å². The van der Waals surface area contributed by atoms with Crippen molar-refractivity contribution in [3.8, 4) is 0 Å². The predicted molar refractivity (Wildman–Crippen MR) is 48.5 cm³/mol. The highest BCUT2D eigenvalue weighted by Crippen LogP contribution is 2.00. The van der Waals surface area contributed by atoms with E-state index < -0.39 is 0 Å². The molecule has 0 aromatic carbocycles. The standard InChI is InChI=1S/C9H21NO/c1-3-5-6-7-8-10(4-2)9-11/h11H,3-9H2,1-2H3. The minimum atomic E-state index is 0.211. The smallest absolute Gasteiger partial charge is 0.0956 e. The Labute approximate surface area is 70.2 Å². The lowest BCUT2D eigenvalue weighted by Crippen LogP contribution is -2.25. The Morgan fingerprint density at radius 3 is 2.27 bits per heavy atom. The van der Waals surface area contributed by atoms with Gasteiger partial charge in [0, 0.05) is 6.54 Å². The van der Waals surface area contributed by atoms with E-state index in [2.05, 4.69) is 18.7 Å². The molecule has 0 aliphatic carbocycles. The molecule has 0 rings (SSSR count). The molecule has 1 N–H and O–H groups in total. The van der Waals surface area contributed by atoms with Crippen molar-refractivity contribution < 1.29 is 5.11 Å². The van der Waals surface area contributed by atoms with E-state index in [9.17, 15) is 0 Å². The molecular formula is C9H21NO. The van der Waals surface area contributed by atoms with Gasteiger partial charge in [0.2, 0.25) is 0 Å². The summed E-state index contributed by atoms with van der Waals surface area (Å²) in [5.41, 5.74) is 0. The van der Waals surface area contributed by atoms with Gasteiger partial charge in [-0.25, -0.2) is 0 Å². The van der Waals surface area contributed by atoms with Gasteiger partial charge in [-0.05, 0) is 13.0 Å². The van der Waals surface area contributed by atoms with Crippen molar-refractivity contribution in [3.05, 3.63) is 0 Å². The summed E-state index contributed by atoms with van der Waals surface area (Å²) in [6.07, 6.45) is 5.13. The molecule has 0 radical (unpaired) electrons. The molecule has 0 amide bonds. The van der Waals surface area contributed by atoms with E-state index in [1.807, 2.05) is 0 Å². The van der Waals surface area contributed by atoms with Crippen molar-refractivity contribution in [2.24, 2.45) is 0 Å². The number of rotatable bonds is 7. The first-order chi connectivity index (χ1) is 5.35. The van der Waals surface area contributed by atoms with Gasteiger partial charge in [0.1, 0.15) is 0 Å². The maximum absolute atomic E-state index is 8.81. The Hall–Kier alpha value is -0.0800. The third-order valence-corrected chi connectivity index (χ3v) is 1.98. The van der Waals surface area contributed by atoms with Gasteiger partial charge in [0.05, 0.1) is 6.73 Å². The Morgan fingerprint density at radius 1 is 1.09 bits per heavy atom. The van der Waals surface area contributed by atoms with E-state index in [1.54, 1.807) is 0 Å². The molecule has 11 heavy (non-hydrogen) atoms. The molecule has 0 aliphatic rings. The molecule has 0 bridgehead atoms. The quantitative estimate of drug-likeness (QED) is 0.452. The van der Waals surface area contributed by atoms with Crippen LogP contribution in [0.2, 0.25) is 0 Å². The van der Waals surface area contributed by atoms with Crippen LogP contribution in [0.3, 0.4) is 0 Å². The summed E-state index contributed by atoms with van der Waals surface area (Å²) in [4.78, 5) is 2.05. The van der Waals surface area contributed by atoms with Gasteiger partial charge >= 0.3 is 0 Å². The SMILES string of the molecule is CCCCCCN(CC)CO. The normalized spacial score (nSPS) is 10.9. The molecule has 0 unspecified atom stereocenters. The summed E-state index contributed by atoms with van der Waals surface area (Å²) in [5, 5.41) is 8.81. The monoisotopic (exact) mass is 159 g/mol. The Kier molecular flexibility index (Phi) is 7.96. The van der Waals surface area contributed by atoms with Crippen LogP contribution in [0.25, 0.3) is 0 Å². The summed E-state index contributed by atoms with van der Waals surface area (Å²) >= 11 is 0. The summed E-state index contributed by atoms with van der Waals surface area (Å²) < 4.78 is 0. The van der Waals surface area contributed by atoms with Gasteiger partial charge in [0.15, 0.2) is 0 Å². The minimum absolute atomic E-state index is 0.211. The number of hydrogen-bond acceptors (Lipinski definition) is 2. The summed E-state index contributed by atoms with van der Waals surface area (Å²) in [6, 6.07) is 0. The average molecular weight is 159 g/mol. The van der Waals surface area contributed by atoms with E-state index in [1.165, 1.54) is 25.7 Å². The van der Waals surface area contributed by atoms with Crippen molar-refractivity contribution in [3.63, 3.8) is 0 Å². The fraction of sp³-hybridized carbons (Fsp3) is 1.00. The zero-order valence-corrected chi connectivity index (χ0v) is 7.84. The third kappa shape index (κ3) is 6.32.